The van der Waals surface area contributed by atoms with E-state index in [0.29, 0.717) is 28.6 Å². The lowest BCUT2D eigenvalue weighted by atomic mass is 9.98. The van der Waals surface area contributed by atoms with E-state index in [4.69, 9.17) is 11.6 Å². The molecule has 2 aromatic rings. The largest absolute Gasteiger partial charge is 0.325 e. The molecule has 1 aromatic carbocycles. The lowest BCUT2D eigenvalue weighted by Gasteiger charge is -2.22. The van der Waals surface area contributed by atoms with E-state index in [1.54, 1.807) is 36.4 Å². The number of para-hydroxylation sites is 1. The van der Waals surface area contributed by atoms with Crippen molar-refractivity contribution < 1.29 is 9.59 Å². The van der Waals surface area contributed by atoms with E-state index in [1.807, 2.05) is 0 Å². The number of carbonyl (C=O) groups is 2. The highest BCUT2D eigenvalue weighted by Crippen LogP contribution is 2.20. The van der Waals surface area contributed by atoms with Crippen molar-refractivity contribution in [3.05, 3.63) is 53.2 Å². The molecular formula is C18H19ClN4O2. The van der Waals surface area contributed by atoms with E-state index in [-0.39, 0.29) is 17.7 Å². The number of piperidine rings is 1. The van der Waals surface area contributed by atoms with Gasteiger partial charge in [-0.3, -0.25) is 9.59 Å². The maximum atomic E-state index is 12.5. The Hall–Kier alpha value is -2.44. The average Bonchev–Trinajstić information content (AvgIpc) is 2.64. The number of hydrogen-bond acceptors (Lipinski definition) is 4. The predicted molar refractivity (Wildman–Crippen MR) is 97.9 cm³/mol. The number of rotatable bonds is 4. The topological polar surface area (TPSA) is 83.1 Å². The minimum Gasteiger partial charge on any atom is -0.325 e. The molecule has 2 amide bonds. The molecule has 1 aromatic heterocycles. The lowest BCUT2D eigenvalue weighted by Crippen LogP contribution is -2.37. The molecule has 1 fully saturated rings. The van der Waals surface area contributed by atoms with Gasteiger partial charge in [-0.15, -0.1) is 0 Å². The SMILES string of the molecule is O=C(Nc1ccc(Cl)cn1)c1ccccc1NC(=O)C1CCCNC1. The fourth-order valence-corrected chi connectivity index (χ4v) is 2.85. The molecular weight excluding hydrogens is 340 g/mol. The first-order chi connectivity index (χ1) is 12.1. The van der Waals surface area contributed by atoms with Gasteiger partial charge >= 0.3 is 0 Å². The Morgan fingerprint density at radius 2 is 2.00 bits per heavy atom. The average molecular weight is 359 g/mol. The number of halogens is 1. The van der Waals surface area contributed by atoms with Gasteiger partial charge in [0.25, 0.3) is 5.91 Å². The monoisotopic (exact) mass is 358 g/mol. The van der Waals surface area contributed by atoms with Crippen LogP contribution in [0.1, 0.15) is 23.2 Å². The molecule has 3 rings (SSSR count). The van der Waals surface area contributed by atoms with E-state index in [0.717, 1.165) is 19.4 Å². The summed E-state index contributed by atoms with van der Waals surface area (Å²) in [5.74, 6) is -0.0978. The molecule has 0 spiro atoms. The number of benzene rings is 1. The van der Waals surface area contributed by atoms with Crippen LogP contribution in [-0.4, -0.2) is 29.9 Å². The lowest BCUT2D eigenvalue weighted by molar-refractivity contribution is -0.120. The van der Waals surface area contributed by atoms with Gasteiger partial charge < -0.3 is 16.0 Å². The second-order valence-corrected chi connectivity index (χ2v) is 6.33. The number of hydrogen-bond donors (Lipinski definition) is 3. The molecule has 2 heterocycles. The normalized spacial score (nSPS) is 16.9. The molecule has 6 nitrogen and oxygen atoms in total. The highest BCUT2D eigenvalue weighted by atomic mass is 35.5. The Morgan fingerprint density at radius 1 is 1.16 bits per heavy atom. The van der Waals surface area contributed by atoms with Gasteiger partial charge in [0.1, 0.15) is 5.82 Å². The van der Waals surface area contributed by atoms with Crippen LogP contribution < -0.4 is 16.0 Å². The maximum absolute atomic E-state index is 12.5. The van der Waals surface area contributed by atoms with Crippen molar-refractivity contribution in [2.75, 3.05) is 23.7 Å². The maximum Gasteiger partial charge on any atom is 0.258 e. The molecule has 1 aliphatic rings. The van der Waals surface area contributed by atoms with Gasteiger partial charge in [0, 0.05) is 12.7 Å². The summed E-state index contributed by atoms with van der Waals surface area (Å²) in [7, 11) is 0. The number of nitrogens with zero attached hydrogens (tertiary/aromatic N) is 1. The second-order valence-electron chi connectivity index (χ2n) is 5.89. The second kappa shape index (κ2) is 8.09. The van der Waals surface area contributed by atoms with Gasteiger partial charge in [-0.1, -0.05) is 23.7 Å². The van der Waals surface area contributed by atoms with Crippen LogP contribution in [0, 0.1) is 5.92 Å². The van der Waals surface area contributed by atoms with E-state index in [2.05, 4.69) is 20.9 Å². The number of nitrogens with one attached hydrogen (secondary N) is 3. The van der Waals surface area contributed by atoms with Crippen LogP contribution in [-0.2, 0) is 4.79 Å². The molecule has 1 atom stereocenters. The van der Waals surface area contributed by atoms with Crippen LogP contribution in [0.2, 0.25) is 5.02 Å². The van der Waals surface area contributed by atoms with E-state index in [1.165, 1.54) is 6.20 Å². The Bertz CT molecular complexity index is 758. The van der Waals surface area contributed by atoms with Gasteiger partial charge in [-0.2, -0.15) is 0 Å². The van der Waals surface area contributed by atoms with E-state index >= 15 is 0 Å². The van der Waals surface area contributed by atoms with Crippen LogP contribution in [0.3, 0.4) is 0 Å². The van der Waals surface area contributed by atoms with Gasteiger partial charge in [0.05, 0.1) is 22.2 Å². The third-order valence-electron chi connectivity index (χ3n) is 4.07. The Morgan fingerprint density at radius 3 is 2.72 bits per heavy atom. The van der Waals surface area contributed by atoms with Crippen molar-refractivity contribution in [1.82, 2.24) is 10.3 Å². The fraction of sp³-hybridized carbons (Fsp3) is 0.278. The zero-order chi connectivity index (χ0) is 17.6. The summed E-state index contributed by atoms with van der Waals surface area (Å²) in [4.78, 5) is 29.0. The highest BCUT2D eigenvalue weighted by molar-refractivity contribution is 6.30. The summed E-state index contributed by atoms with van der Waals surface area (Å²) >= 11 is 5.79. The molecule has 1 unspecified atom stereocenters. The zero-order valence-electron chi connectivity index (χ0n) is 13.6. The molecule has 7 heteroatoms. The van der Waals surface area contributed by atoms with Crippen LogP contribution in [0.25, 0.3) is 0 Å². The van der Waals surface area contributed by atoms with Crippen LogP contribution >= 0.6 is 11.6 Å². The Kier molecular flexibility index (Phi) is 5.63. The summed E-state index contributed by atoms with van der Waals surface area (Å²) in [6.45, 7) is 1.60. The summed E-state index contributed by atoms with van der Waals surface area (Å²) in [5, 5.41) is 9.29. The van der Waals surface area contributed by atoms with Gasteiger partial charge in [0.15, 0.2) is 0 Å². The summed E-state index contributed by atoms with van der Waals surface area (Å²) in [6.07, 6.45) is 3.28. The molecule has 0 aliphatic carbocycles. The minimum atomic E-state index is -0.340. The molecule has 0 bridgehead atoms. The van der Waals surface area contributed by atoms with Crippen molar-refractivity contribution in [1.29, 1.82) is 0 Å². The summed E-state index contributed by atoms with van der Waals surface area (Å²) in [5.41, 5.74) is 0.876. The number of carbonyl (C=O) groups excluding carboxylic acids is 2. The number of pyridine rings is 1. The van der Waals surface area contributed by atoms with Crippen molar-refractivity contribution in [3.63, 3.8) is 0 Å². The van der Waals surface area contributed by atoms with Gasteiger partial charge in [-0.25, -0.2) is 4.98 Å². The summed E-state index contributed by atoms with van der Waals surface area (Å²) in [6, 6.07) is 10.2. The van der Waals surface area contributed by atoms with Gasteiger partial charge in [-0.05, 0) is 43.7 Å². The van der Waals surface area contributed by atoms with Crippen LogP contribution in [0.4, 0.5) is 11.5 Å². The Balaban J connectivity index is 1.72. The number of amides is 2. The fourth-order valence-electron chi connectivity index (χ4n) is 2.73. The Labute approximate surface area is 151 Å². The third-order valence-corrected chi connectivity index (χ3v) is 4.29. The smallest absolute Gasteiger partial charge is 0.258 e. The molecule has 0 saturated carbocycles. The number of anilines is 2. The molecule has 130 valence electrons. The number of aromatic nitrogens is 1. The summed E-state index contributed by atoms with van der Waals surface area (Å²) < 4.78 is 0. The van der Waals surface area contributed by atoms with E-state index < -0.39 is 0 Å². The predicted octanol–water partition coefficient (Wildman–Crippen LogP) is 2.93. The van der Waals surface area contributed by atoms with Gasteiger partial charge in [0.2, 0.25) is 5.91 Å². The highest BCUT2D eigenvalue weighted by Gasteiger charge is 2.22. The van der Waals surface area contributed by atoms with Crippen molar-refractivity contribution in [2.45, 2.75) is 12.8 Å². The van der Waals surface area contributed by atoms with Crippen LogP contribution in [0.5, 0.6) is 0 Å². The molecule has 1 saturated heterocycles. The molecule has 1 aliphatic heterocycles. The first-order valence-corrected chi connectivity index (χ1v) is 8.55. The van der Waals surface area contributed by atoms with Crippen molar-refractivity contribution in [3.8, 4) is 0 Å². The van der Waals surface area contributed by atoms with Crippen LogP contribution in [0.15, 0.2) is 42.6 Å². The molecule has 25 heavy (non-hydrogen) atoms. The van der Waals surface area contributed by atoms with Crippen molar-refractivity contribution in [2.24, 2.45) is 5.92 Å². The zero-order valence-corrected chi connectivity index (χ0v) is 14.3. The quantitative estimate of drug-likeness (QED) is 0.784. The van der Waals surface area contributed by atoms with E-state index in [9.17, 15) is 9.59 Å². The molecule has 3 N–H and O–H groups in total. The first-order valence-electron chi connectivity index (χ1n) is 8.17. The first kappa shape index (κ1) is 17.4. The minimum absolute atomic E-state index is 0.0722. The van der Waals surface area contributed by atoms with Crippen molar-refractivity contribution >= 4 is 34.9 Å². The molecule has 0 radical (unpaired) electrons. The third kappa shape index (κ3) is 4.55. The standard InChI is InChI=1S/C18H19ClN4O2/c19-13-7-8-16(21-11-13)23-18(25)14-5-1-2-6-15(14)22-17(24)12-4-3-9-20-10-12/h1-2,5-8,11-12,20H,3-4,9-10H2,(H,22,24)(H,21,23,25).